The summed E-state index contributed by atoms with van der Waals surface area (Å²) in [6, 6.07) is 20.1. The van der Waals surface area contributed by atoms with E-state index in [1.165, 1.54) is 5.56 Å². The molecule has 1 aliphatic carbocycles. The monoisotopic (exact) mass is 365 g/mol. The second-order valence-electron chi connectivity index (χ2n) is 7.33. The molecular formula is C24H19N3O. The number of hydrogen-bond donors (Lipinski definition) is 1. The largest absolute Gasteiger partial charge is 0.366 e. The molecule has 1 fully saturated rings. The van der Waals surface area contributed by atoms with Crippen LogP contribution >= 0.6 is 0 Å². The van der Waals surface area contributed by atoms with Crippen molar-refractivity contribution in [3.63, 3.8) is 0 Å². The number of benzene rings is 2. The Morgan fingerprint density at radius 1 is 0.893 bits per heavy atom. The molecule has 1 aliphatic rings. The number of primary amides is 1. The lowest BCUT2D eigenvalue weighted by atomic mass is 9.81. The summed E-state index contributed by atoms with van der Waals surface area (Å²) in [7, 11) is 0. The van der Waals surface area contributed by atoms with Gasteiger partial charge in [-0.1, -0.05) is 30.3 Å². The van der Waals surface area contributed by atoms with Crippen LogP contribution in [0.2, 0.25) is 0 Å². The number of nitrogens with two attached hydrogens (primary N) is 1. The summed E-state index contributed by atoms with van der Waals surface area (Å²) in [5.74, 6) is -0.382. The molecular weight excluding hydrogens is 346 g/mol. The maximum Gasteiger partial charge on any atom is 0.249 e. The Morgan fingerprint density at radius 2 is 1.71 bits per heavy atom. The molecule has 0 radical (unpaired) electrons. The predicted octanol–water partition coefficient (Wildman–Crippen LogP) is 4.48. The van der Waals surface area contributed by atoms with E-state index in [0.717, 1.165) is 40.4 Å². The van der Waals surface area contributed by atoms with E-state index in [-0.39, 0.29) is 11.3 Å². The number of pyridine rings is 2. The van der Waals surface area contributed by atoms with Crippen LogP contribution in [0, 0.1) is 0 Å². The quantitative estimate of drug-likeness (QED) is 0.580. The highest BCUT2D eigenvalue weighted by atomic mass is 16.1. The van der Waals surface area contributed by atoms with E-state index in [1.807, 2.05) is 48.8 Å². The smallest absolute Gasteiger partial charge is 0.249 e. The standard InChI is InChI=1S/C24H19N3O/c25-23(28)19-6-1-2-8-20(19)24(9-10-24)21-13-17(16-5-3-11-26-15-16)14-22-18(21)7-4-12-27-22/h1-8,11-15H,9-10H2,(H2,25,28). The van der Waals surface area contributed by atoms with E-state index in [2.05, 4.69) is 34.2 Å². The zero-order chi connectivity index (χ0) is 19.1. The van der Waals surface area contributed by atoms with Gasteiger partial charge in [0.25, 0.3) is 0 Å². The van der Waals surface area contributed by atoms with Gasteiger partial charge in [0.2, 0.25) is 5.91 Å². The molecule has 5 rings (SSSR count). The summed E-state index contributed by atoms with van der Waals surface area (Å²) < 4.78 is 0. The van der Waals surface area contributed by atoms with Crippen molar-refractivity contribution < 1.29 is 4.79 Å². The number of carbonyl (C=O) groups is 1. The molecule has 28 heavy (non-hydrogen) atoms. The van der Waals surface area contributed by atoms with E-state index >= 15 is 0 Å². The molecule has 1 amide bonds. The van der Waals surface area contributed by atoms with Gasteiger partial charge < -0.3 is 5.73 Å². The van der Waals surface area contributed by atoms with Crippen LogP contribution in [0.5, 0.6) is 0 Å². The second-order valence-corrected chi connectivity index (χ2v) is 7.33. The Hall–Kier alpha value is -3.53. The van der Waals surface area contributed by atoms with Crippen molar-refractivity contribution >= 4 is 16.8 Å². The van der Waals surface area contributed by atoms with E-state index in [0.29, 0.717) is 5.56 Å². The highest BCUT2D eigenvalue weighted by Crippen LogP contribution is 2.56. The van der Waals surface area contributed by atoms with Crippen LogP contribution in [0.1, 0.15) is 34.3 Å². The van der Waals surface area contributed by atoms with Crippen LogP contribution in [-0.4, -0.2) is 15.9 Å². The van der Waals surface area contributed by atoms with Crippen LogP contribution in [0.15, 0.2) is 79.3 Å². The normalized spacial score (nSPS) is 14.7. The first-order valence-corrected chi connectivity index (χ1v) is 9.38. The van der Waals surface area contributed by atoms with Crippen molar-refractivity contribution in [2.45, 2.75) is 18.3 Å². The van der Waals surface area contributed by atoms with Crippen molar-refractivity contribution in [3.05, 3.63) is 95.9 Å². The Balaban J connectivity index is 1.79. The molecule has 0 bridgehead atoms. The first kappa shape index (κ1) is 16.6. The van der Waals surface area contributed by atoms with Crippen molar-refractivity contribution in [2.75, 3.05) is 0 Å². The van der Waals surface area contributed by atoms with E-state index < -0.39 is 0 Å². The highest BCUT2D eigenvalue weighted by Gasteiger charge is 2.48. The fourth-order valence-electron chi connectivity index (χ4n) is 4.20. The molecule has 1 saturated carbocycles. The molecule has 4 aromatic rings. The van der Waals surface area contributed by atoms with E-state index in [4.69, 9.17) is 5.73 Å². The van der Waals surface area contributed by atoms with Crippen LogP contribution in [0.3, 0.4) is 0 Å². The van der Waals surface area contributed by atoms with Crippen molar-refractivity contribution in [1.82, 2.24) is 9.97 Å². The fourth-order valence-corrected chi connectivity index (χ4v) is 4.20. The third-order valence-corrected chi connectivity index (χ3v) is 5.69. The maximum absolute atomic E-state index is 12.1. The zero-order valence-electron chi connectivity index (χ0n) is 15.3. The average molecular weight is 365 g/mol. The molecule has 2 aromatic heterocycles. The minimum Gasteiger partial charge on any atom is -0.366 e. The molecule has 4 heteroatoms. The third kappa shape index (κ3) is 2.57. The number of rotatable bonds is 4. The molecule has 0 unspecified atom stereocenters. The molecule has 0 atom stereocenters. The molecule has 4 nitrogen and oxygen atoms in total. The fraction of sp³-hybridized carbons (Fsp3) is 0.125. The molecule has 2 heterocycles. The number of fused-ring (bicyclic) bond motifs is 1. The minimum atomic E-state index is -0.382. The minimum absolute atomic E-state index is 0.203. The topological polar surface area (TPSA) is 68.9 Å². The van der Waals surface area contributed by atoms with Gasteiger partial charge in [0.15, 0.2) is 0 Å². The predicted molar refractivity (Wildman–Crippen MR) is 110 cm³/mol. The summed E-state index contributed by atoms with van der Waals surface area (Å²) >= 11 is 0. The van der Waals surface area contributed by atoms with Gasteiger partial charge in [0, 0.05) is 40.5 Å². The lowest BCUT2D eigenvalue weighted by molar-refractivity contribution is 0.0999. The number of carbonyl (C=O) groups excluding carboxylic acids is 1. The van der Waals surface area contributed by atoms with Gasteiger partial charge in [-0.25, -0.2) is 0 Å². The molecule has 0 aliphatic heterocycles. The third-order valence-electron chi connectivity index (χ3n) is 5.69. The van der Waals surface area contributed by atoms with Gasteiger partial charge in [-0.3, -0.25) is 14.8 Å². The molecule has 2 N–H and O–H groups in total. The zero-order valence-corrected chi connectivity index (χ0v) is 15.3. The number of hydrogen-bond acceptors (Lipinski definition) is 3. The first-order valence-electron chi connectivity index (χ1n) is 9.38. The maximum atomic E-state index is 12.1. The highest BCUT2D eigenvalue weighted by molar-refractivity contribution is 5.96. The summed E-state index contributed by atoms with van der Waals surface area (Å²) in [6.45, 7) is 0. The summed E-state index contributed by atoms with van der Waals surface area (Å²) in [5, 5.41) is 1.12. The van der Waals surface area contributed by atoms with E-state index in [9.17, 15) is 4.79 Å². The Bertz CT molecular complexity index is 1200. The summed E-state index contributed by atoms with van der Waals surface area (Å²) in [5.41, 5.74) is 11.4. The van der Waals surface area contributed by atoms with Crippen LogP contribution in [0.25, 0.3) is 22.0 Å². The summed E-state index contributed by atoms with van der Waals surface area (Å²) in [6.07, 6.45) is 7.42. The van der Waals surface area contributed by atoms with Crippen molar-refractivity contribution in [1.29, 1.82) is 0 Å². The lowest BCUT2D eigenvalue weighted by Gasteiger charge is -2.22. The molecule has 2 aromatic carbocycles. The van der Waals surface area contributed by atoms with Gasteiger partial charge >= 0.3 is 0 Å². The van der Waals surface area contributed by atoms with Crippen LogP contribution in [-0.2, 0) is 5.41 Å². The van der Waals surface area contributed by atoms with Crippen LogP contribution in [0.4, 0.5) is 0 Å². The molecule has 0 spiro atoms. The van der Waals surface area contributed by atoms with Gasteiger partial charge in [0.05, 0.1) is 5.52 Å². The lowest BCUT2D eigenvalue weighted by Crippen LogP contribution is -2.19. The van der Waals surface area contributed by atoms with Crippen LogP contribution < -0.4 is 5.73 Å². The first-order chi connectivity index (χ1) is 13.7. The number of amides is 1. The molecule has 0 saturated heterocycles. The van der Waals surface area contributed by atoms with E-state index in [1.54, 1.807) is 6.20 Å². The van der Waals surface area contributed by atoms with Gasteiger partial charge in [-0.05, 0) is 59.9 Å². The van der Waals surface area contributed by atoms with Crippen molar-refractivity contribution in [2.24, 2.45) is 5.73 Å². The van der Waals surface area contributed by atoms with Crippen molar-refractivity contribution in [3.8, 4) is 11.1 Å². The summed E-state index contributed by atoms with van der Waals surface area (Å²) in [4.78, 5) is 21.0. The Kier molecular flexibility index (Phi) is 3.72. The number of nitrogens with zero attached hydrogens (tertiary/aromatic N) is 2. The van der Waals surface area contributed by atoms with Gasteiger partial charge in [-0.15, -0.1) is 0 Å². The SMILES string of the molecule is NC(=O)c1ccccc1C1(c2cc(-c3cccnc3)cc3ncccc23)CC1. The second kappa shape index (κ2) is 6.27. The number of aromatic nitrogens is 2. The average Bonchev–Trinajstić information content (AvgIpc) is 3.55. The Labute approximate surface area is 163 Å². The Morgan fingerprint density at radius 3 is 2.46 bits per heavy atom. The van der Waals surface area contributed by atoms with Gasteiger partial charge in [-0.2, -0.15) is 0 Å². The molecule has 136 valence electrons. The van der Waals surface area contributed by atoms with Gasteiger partial charge in [0.1, 0.15) is 0 Å².